The van der Waals surface area contributed by atoms with Crippen molar-refractivity contribution in [1.82, 2.24) is 20.1 Å². The van der Waals surface area contributed by atoms with Crippen LogP contribution in [-0.4, -0.2) is 39.6 Å². The number of nitrogens with one attached hydrogen (secondary N) is 1. The molecule has 0 aliphatic heterocycles. The molecular formula is C21H22N4O2S. The first-order valence-electron chi connectivity index (χ1n) is 8.81. The summed E-state index contributed by atoms with van der Waals surface area (Å²) in [7, 11) is 1.80. The number of ether oxygens (including phenoxy) is 1. The number of carbonyl (C=O) groups is 1. The van der Waals surface area contributed by atoms with Gasteiger partial charge in [-0.3, -0.25) is 9.89 Å². The first kappa shape index (κ1) is 19.7. The third-order valence-electron chi connectivity index (χ3n) is 4.03. The molecule has 28 heavy (non-hydrogen) atoms. The molecule has 1 amide bonds. The smallest absolute Gasteiger partial charge is 0.253 e. The van der Waals surface area contributed by atoms with Crippen LogP contribution in [0.4, 0.5) is 0 Å². The van der Waals surface area contributed by atoms with E-state index in [2.05, 4.69) is 21.8 Å². The number of hydrogen-bond acceptors (Lipinski definition) is 5. The minimum absolute atomic E-state index is 0.0126. The third-order valence-corrected chi connectivity index (χ3v) is 4.97. The second-order valence-electron chi connectivity index (χ2n) is 6.18. The molecule has 0 atom stereocenters. The highest BCUT2D eigenvalue weighted by atomic mass is 32.2. The van der Waals surface area contributed by atoms with Crippen LogP contribution in [0.3, 0.4) is 0 Å². The van der Waals surface area contributed by atoms with E-state index < -0.39 is 0 Å². The number of carbonyl (C=O) groups excluding carboxylic acids is 1. The molecule has 1 aromatic heterocycles. The van der Waals surface area contributed by atoms with Gasteiger partial charge < -0.3 is 9.64 Å². The molecule has 0 unspecified atom stereocenters. The molecule has 1 heterocycles. The molecule has 0 spiro atoms. The molecule has 0 aliphatic carbocycles. The van der Waals surface area contributed by atoms with Crippen LogP contribution in [-0.2, 0) is 12.3 Å². The van der Waals surface area contributed by atoms with Crippen molar-refractivity contribution in [1.29, 1.82) is 0 Å². The standard InChI is InChI=1S/C21H22N4O2S/c1-3-12-27-19-10-6-16(7-11-19)13-25(2)20(26)18-8-4-17(5-9-18)14-28-21-22-15-23-24-21/h3-11,15H,1,12-14H2,2H3,(H,22,23,24). The summed E-state index contributed by atoms with van der Waals surface area (Å²) in [6, 6.07) is 15.4. The topological polar surface area (TPSA) is 71.1 Å². The Morgan fingerprint density at radius 2 is 1.89 bits per heavy atom. The number of rotatable bonds is 9. The van der Waals surface area contributed by atoms with Crippen LogP contribution in [0.5, 0.6) is 5.75 Å². The summed E-state index contributed by atoms with van der Waals surface area (Å²) in [6.45, 7) is 4.64. The van der Waals surface area contributed by atoms with Gasteiger partial charge >= 0.3 is 0 Å². The van der Waals surface area contributed by atoms with Crippen LogP contribution >= 0.6 is 11.8 Å². The summed E-state index contributed by atoms with van der Waals surface area (Å²) >= 11 is 1.57. The van der Waals surface area contributed by atoms with E-state index in [0.717, 1.165) is 27.8 Å². The molecule has 2 aromatic carbocycles. The van der Waals surface area contributed by atoms with Gasteiger partial charge in [-0.05, 0) is 35.4 Å². The van der Waals surface area contributed by atoms with Gasteiger partial charge in [-0.2, -0.15) is 5.10 Å². The molecule has 0 aliphatic rings. The summed E-state index contributed by atoms with van der Waals surface area (Å²) in [5.74, 6) is 1.54. The van der Waals surface area contributed by atoms with E-state index in [4.69, 9.17) is 4.74 Å². The predicted molar refractivity (Wildman–Crippen MR) is 110 cm³/mol. The summed E-state index contributed by atoms with van der Waals surface area (Å²) in [6.07, 6.45) is 3.19. The van der Waals surface area contributed by atoms with Crippen molar-refractivity contribution in [3.05, 3.63) is 84.2 Å². The van der Waals surface area contributed by atoms with E-state index in [1.807, 2.05) is 48.5 Å². The molecule has 144 valence electrons. The maximum atomic E-state index is 12.7. The number of amides is 1. The van der Waals surface area contributed by atoms with E-state index in [-0.39, 0.29) is 5.91 Å². The summed E-state index contributed by atoms with van der Waals surface area (Å²) in [5.41, 5.74) is 2.83. The minimum Gasteiger partial charge on any atom is -0.490 e. The lowest BCUT2D eigenvalue weighted by molar-refractivity contribution is 0.0785. The van der Waals surface area contributed by atoms with Crippen LogP contribution in [0.1, 0.15) is 21.5 Å². The van der Waals surface area contributed by atoms with Crippen molar-refractivity contribution >= 4 is 17.7 Å². The monoisotopic (exact) mass is 394 g/mol. The lowest BCUT2D eigenvalue weighted by Crippen LogP contribution is -2.26. The number of aromatic nitrogens is 3. The van der Waals surface area contributed by atoms with Gasteiger partial charge in [0.05, 0.1) is 0 Å². The van der Waals surface area contributed by atoms with Crippen molar-refractivity contribution in [2.24, 2.45) is 0 Å². The molecule has 1 N–H and O–H groups in total. The summed E-state index contributed by atoms with van der Waals surface area (Å²) < 4.78 is 5.48. The number of aromatic amines is 1. The first-order valence-corrected chi connectivity index (χ1v) is 9.79. The number of nitrogens with zero attached hydrogens (tertiary/aromatic N) is 3. The van der Waals surface area contributed by atoms with Gasteiger partial charge in [0.15, 0.2) is 5.16 Å². The van der Waals surface area contributed by atoms with Crippen LogP contribution in [0.2, 0.25) is 0 Å². The third kappa shape index (κ3) is 5.47. The number of hydrogen-bond donors (Lipinski definition) is 1. The zero-order valence-electron chi connectivity index (χ0n) is 15.7. The van der Waals surface area contributed by atoms with Crippen molar-refractivity contribution in [2.75, 3.05) is 13.7 Å². The second kappa shape index (κ2) is 9.75. The Labute approximate surface area is 168 Å². The zero-order valence-corrected chi connectivity index (χ0v) is 16.5. The normalized spacial score (nSPS) is 10.5. The predicted octanol–water partition coefficient (Wildman–Crippen LogP) is 3.93. The van der Waals surface area contributed by atoms with E-state index in [1.165, 1.54) is 6.33 Å². The van der Waals surface area contributed by atoms with Crippen molar-refractivity contribution in [3.8, 4) is 5.75 Å². The van der Waals surface area contributed by atoms with E-state index in [0.29, 0.717) is 18.7 Å². The van der Waals surface area contributed by atoms with E-state index in [9.17, 15) is 4.79 Å². The molecule has 7 heteroatoms. The highest BCUT2D eigenvalue weighted by Gasteiger charge is 2.12. The molecule has 0 saturated heterocycles. The quantitative estimate of drug-likeness (QED) is 0.440. The maximum Gasteiger partial charge on any atom is 0.253 e. The van der Waals surface area contributed by atoms with Gasteiger partial charge in [0.1, 0.15) is 18.7 Å². The SMILES string of the molecule is C=CCOc1ccc(CN(C)C(=O)c2ccc(CSc3ncn[nH]3)cc2)cc1. The van der Waals surface area contributed by atoms with Crippen molar-refractivity contribution in [2.45, 2.75) is 17.5 Å². The van der Waals surface area contributed by atoms with Crippen LogP contribution in [0.15, 0.2) is 72.7 Å². The lowest BCUT2D eigenvalue weighted by atomic mass is 10.1. The average Bonchev–Trinajstić information content (AvgIpc) is 3.25. The Bertz CT molecular complexity index is 893. The van der Waals surface area contributed by atoms with Crippen LogP contribution in [0.25, 0.3) is 0 Å². The molecule has 0 bridgehead atoms. The van der Waals surface area contributed by atoms with Gasteiger partial charge in [-0.25, -0.2) is 4.98 Å². The largest absolute Gasteiger partial charge is 0.490 e. The minimum atomic E-state index is -0.0126. The molecule has 0 radical (unpaired) electrons. The van der Waals surface area contributed by atoms with Gasteiger partial charge in [0, 0.05) is 24.9 Å². The Morgan fingerprint density at radius 1 is 1.18 bits per heavy atom. The molecule has 3 rings (SSSR count). The molecular weight excluding hydrogens is 372 g/mol. The van der Waals surface area contributed by atoms with Gasteiger partial charge in [0.25, 0.3) is 5.91 Å². The second-order valence-corrected chi connectivity index (χ2v) is 7.15. The zero-order chi connectivity index (χ0) is 19.8. The molecule has 6 nitrogen and oxygen atoms in total. The number of benzene rings is 2. The van der Waals surface area contributed by atoms with Gasteiger partial charge in [-0.15, -0.1) is 0 Å². The Kier molecular flexibility index (Phi) is 6.86. The molecule has 0 saturated carbocycles. The van der Waals surface area contributed by atoms with E-state index >= 15 is 0 Å². The van der Waals surface area contributed by atoms with Gasteiger partial charge in [-0.1, -0.05) is 48.7 Å². The van der Waals surface area contributed by atoms with Crippen LogP contribution < -0.4 is 4.74 Å². The summed E-state index contributed by atoms with van der Waals surface area (Å²) in [5, 5.41) is 7.42. The van der Waals surface area contributed by atoms with E-state index in [1.54, 1.807) is 29.8 Å². The maximum absolute atomic E-state index is 12.7. The average molecular weight is 394 g/mol. The lowest BCUT2D eigenvalue weighted by Gasteiger charge is -2.18. The fourth-order valence-corrected chi connectivity index (χ4v) is 3.31. The van der Waals surface area contributed by atoms with Crippen molar-refractivity contribution < 1.29 is 9.53 Å². The Balaban J connectivity index is 1.54. The molecule has 0 fully saturated rings. The number of thioether (sulfide) groups is 1. The molecule has 3 aromatic rings. The number of H-pyrrole nitrogens is 1. The fourth-order valence-electron chi connectivity index (χ4n) is 2.57. The highest BCUT2D eigenvalue weighted by molar-refractivity contribution is 7.98. The van der Waals surface area contributed by atoms with Crippen LogP contribution in [0, 0.1) is 0 Å². The summed E-state index contributed by atoms with van der Waals surface area (Å²) in [4.78, 5) is 18.5. The van der Waals surface area contributed by atoms with Crippen molar-refractivity contribution in [3.63, 3.8) is 0 Å². The fraction of sp³-hybridized carbons (Fsp3) is 0.190. The first-order chi connectivity index (χ1) is 13.7. The van der Waals surface area contributed by atoms with Gasteiger partial charge in [0.2, 0.25) is 0 Å². The highest BCUT2D eigenvalue weighted by Crippen LogP contribution is 2.19. The Hall–Kier alpha value is -3.06. The Morgan fingerprint density at radius 3 is 2.54 bits per heavy atom.